The minimum absolute atomic E-state index is 0.0441. The first-order valence-corrected chi connectivity index (χ1v) is 6.44. The molecule has 0 bridgehead atoms. The van der Waals surface area contributed by atoms with E-state index in [0.717, 1.165) is 18.4 Å². The average molecular weight is 252 g/mol. The highest BCUT2D eigenvalue weighted by Crippen LogP contribution is 2.30. The second kappa shape index (κ2) is 4.76. The summed E-state index contributed by atoms with van der Waals surface area (Å²) in [5.41, 5.74) is 10.3. The highest BCUT2D eigenvalue weighted by molar-refractivity contribution is 5.72. The SMILES string of the molecule is NC(=O)NC1Cc2ccccc2Cc2ccccc21. The third-order valence-electron chi connectivity index (χ3n) is 3.67. The molecule has 3 rings (SSSR count). The number of benzene rings is 2. The minimum atomic E-state index is -0.473. The maximum atomic E-state index is 11.2. The number of fused-ring (bicyclic) bond motifs is 2. The molecule has 2 amide bonds. The summed E-state index contributed by atoms with van der Waals surface area (Å²) in [4.78, 5) is 11.2. The number of nitrogens with one attached hydrogen (secondary N) is 1. The van der Waals surface area contributed by atoms with Crippen molar-refractivity contribution in [2.75, 3.05) is 0 Å². The number of hydrogen-bond donors (Lipinski definition) is 2. The Labute approximate surface area is 112 Å². The number of urea groups is 1. The summed E-state index contributed by atoms with van der Waals surface area (Å²) in [5, 5.41) is 2.86. The normalized spacial score (nSPS) is 16.9. The number of rotatable bonds is 1. The molecule has 0 radical (unpaired) electrons. The van der Waals surface area contributed by atoms with E-state index in [0.29, 0.717) is 0 Å². The van der Waals surface area contributed by atoms with E-state index in [-0.39, 0.29) is 6.04 Å². The molecule has 1 unspecified atom stereocenters. The smallest absolute Gasteiger partial charge is 0.312 e. The number of amides is 2. The van der Waals surface area contributed by atoms with Gasteiger partial charge in [0.2, 0.25) is 0 Å². The van der Waals surface area contributed by atoms with Crippen LogP contribution in [-0.2, 0) is 12.8 Å². The Morgan fingerprint density at radius 1 is 1.00 bits per heavy atom. The maximum Gasteiger partial charge on any atom is 0.312 e. The van der Waals surface area contributed by atoms with Crippen LogP contribution in [0.15, 0.2) is 48.5 Å². The molecule has 2 aromatic carbocycles. The summed E-state index contributed by atoms with van der Waals surface area (Å²) in [6, 6.07) is 16.1. The lowest BCUT2D eigenvalue weighted by molar-refractivity contribution is 0.245. The van der Waals surface area contributed by atoms with E-state index >= 15 is 0 Å². The van der Waals surface area contributed by atoms with Crippen molar-refractivity contribution in [2.24, 2.45) is 5.73 Å². The van der Waals surface area contributed by atoms with Crippen LogP contribution in [0, 0.1) is 0 Å². The topological polar surface area (TPSA) is 55.1 Å². The van der Waals surface area contributed by atoms with Gasteiger partial charge in [0.25, 0.3) is 0 Å². The predicted octanol–water partition coefficient (Wildman–Crippen LogP) is 2.54. The Hall–Kier alpha value is -2.29. The molecule has 1 aliphatic carbocycles. The summed E-state index contributed by atoms with van der Waals surface area (Å²) in [7, 11) is 0. The van der Waals surface area contributed by atoms with Gasteiger partial charge in [-0.05, 0) is 35.1 Å². The van der Waals surface area contributed by atoms with E-state index in [1.807, 2.05) is 18.2 Å². The van der Waals surface area contributed by atoms with Gasteiger partial charge in [-0.1, -0.05) is 48.5 Å². The lowest BCUT2D eigenvalue weighted by atomic mass is 9.98. The molecule has 19 heavy (non-hydrogen) atoms. The van der Waals surface area contributed by atoms with Gasteiger partial charge in [0, 0.05) is 0 Å². The zero-order valence-corrected chi connectivity index (χ0v) is 10.6. The summed E-state index contributed by atoms with van der Waals surface area (Å²) >= 11 is 0. The summed E-state index contributed by atoms with van der Waals surface area (Å²) in [5.74, 6) is 0. The van der Waals surface area contributed by atoms with Crippen LogP contribution in [-0.4, -0.2) is 6.03 Å². The van der Waals surface area contributed by atoms with Gasteiger partial charge in [0.05, 0.1) is 6.04 Å². The van der Waals surface area contributed by atoms with Gasteiger partial charge in [0.1, 0.15) is 0 Å². The molecular weight excluding hydrogens is 236 g/mol. The number of primary amides is 1. The van der Waals surface area contributed by atoms with Gasteiger partial charge in [-0.25, -0.2) is 4.79 Å². The summed E-state index contributed by atoms with van der Waals surface area (Å²) in [6.07, 6.45) is 1.69. The zero-order chi connectivity index (χ0) is 13.2. The van der Waals surface area contributed by atoms with Gasteiger partial charge in [-0.2, -0.15) is 0 Å². The Balaban J connectivity index is 2.08. The van der Waals surface area contributed by atoms with Crippen LogP contribution in [0.2, 0.25) is 0 Å². The molecule has 2 aromatic rings. The van der Waals surface area contributed by atoms with Crippen LogP contribution in [0.3, 0.4) is 0 Å². The largest absolute Gasteiger partial charge is 0.352 e. The van der Waals surface area contributed by atoms with Crippen LogP contribution >= 0.6 is 0 Å². The van der Waals surface area contributed by atoms with Gasteiger partial charge < -0.3 is 11.1 Å². The summed E-state index contributed by atoms with van der Waals surface area (Å²) in [6.45, 7) is 0. The van der Waals surface area contributed by atoms with Crippen molar-refractivity contribution < 1.29 is 4.79 Å². The van der Waals surface area contributed by atoms with E-state index < -0.39 is 6.03 Å². The van der Waals surface area contributed by atoms with E-state index in [1.54, 1.807) is 0 Å². The fraction of sp³-hybridized carbons (Fsp3) is 0.188. The molecular formula is C16H16N2O. The third-order valence-corrected chi connectivity index (χ3v) is 3.67. The molecule has 0 heterocycles. The van der Waals surface area contributed by atoms with Crippen LogP contribution < -0.4 is 11.1 Å². The van der Waals surface area contributed by atoms with Crippen molar-refractivity contribution in [3.05, 3.63) is 70.8 Å². The Morgan fingerprint density at radius 3 is 2.37 bits per heavy atom. The molecule has 3 nitrogen and oxygen atoms in total. The summed E-state index contributed by atoms with van der Waals surface area (Å²) < 4.78 is 0. The second-order valence-corrected chi connectivity index (χ2v) is 4.91. The van der Waals surface area contributed by atoms with Crippen molar-refractivity contribution in [3.8, 4) is 0 Å². The van der Waals surface area contributed by atoms with Crippen molar-refractivity contribution in [1.29, 1.82) is 0 Å². The van der Waals surface area contributed by atoms with Crippen molar-refractivity contribution in [2.45, 2.75) is 18.9 Å². The van der Waals surface area contributed by atoms with E-state index in [1.165, 1.54) is 16.7 Å². The number of nitrogens with two attached hydrogens (primary N) is 1. The molecule has 1 atom stereocenters. The highest BCUT2D eigenvalue weighted by Gasteiger charge is 2.22. The Bertz CT molecular complexity index is 622. The molecule has 0 spiro atoms. The first-order chi connectivity index (χ1) is 9.24. The lowest BCUT2D eigenvalue weighted by Gasteiger charge is -2.18. The van der Waals surface area contributed by atoms with Crippen molar-refractivity contribution in [3.63, 3.8) is 0 Å². The highest BCUT2D eigenvalue weighted by atomic mass is 16.2. The van der Waals surface area contributed by atoms with Gasteiger partial charge >= 0.3 is 6.03 Å². The van der Waals surface area contributed by atoms with Crippen LogP contribution in [0.4, 0.5) is 4.79 Å². The molecule has 0 aromatic heterocycles. The molecule has 0 aliphatic heterocycles. The quantitative estimate of drug-likeness (QED) is 0.805. The fourth-order valence-corrected chi connectivity index (χ4v) is 2.80. The zero-order valence-electron chi connectivity index (χ0n) is 10.6. The lowest BCUT2D eigenvalue weighted by Crippen LogP contribution is -2.34. The standard InChI is InChI=1S/C16H16N2O/c17-16(19)18-15-10-12-6-2-1-5-11(12)9-13-7-3-4-8-14(13)15/h1-8,15H,9-10H2,(H3,17,18,19). The first kappa shape index (κ1) is 11.8. The monoisotopic (exact) mass is 252 g/mol. The Kier molecular flexibility index (Phi) is 2.95. The number of carbonyl (C=O) groups excluding carboxylic acids is 1. The minimum Gasteiger partial charge on any atom is -0.352 e. The molecule has 3 heteroatoms. The number of carbonyl (C=O) groups is 1. The average Bonchev–Trinajstić information content (AvgIpc) is 2.55. The maximum absolute atomic E-state index is 11.2. The van der Waals surface area contributed by atoms with Crippen molar-refractivity contribution in [1.82, 2.24) is 5.32 Å². The molecule has 96 valence electrons. The third kappa shape index (κ3) is 2.32. The van der Waals surface area contributed by atoms with Crippen molar-refractivity contribution >= 4 is 6.03 Å². The van der Waals surface area contributed by atoms with E-state index in [2.05, 4.69) is 35.6 Å². The van der Waals surface area contributed by atoms with Crippen LogP contribution in [0.1, 0.15) is 28.3 Å². The van der Waals surface area contributed by atoms with E-state index in [4.69, 9.17) is 5.73 Å². The predicted molar refractivity (Wildman–Crippen MR) is 74.9 cm³/mol. The first-order valence-electron chi connectivity index (χ1n) is 6.44. The van der Waals surface area contributed by atoms with Crippen LogP contribution in [0.25, 0.3) is 0 Å². The van der Waals surface area contributed by atoms with Gasteiger partial charge in [0.15, 0.2) is 0 Å². The molecule has 0 fully saturated rings. The molecule has 3 N–H and O–H groups in total. The molecule has 1 aliphatic rings. The Morgan fingerprint density at radius 2 is 1.63 bits per heavy atom. The fourth-order valence-electron chi connectivity index (χ4n) is 2.80. The molecule has 0 saturated carbocycles. The van der Waals surface area contributed by atoms with Gasteiger partial charge in [-0.15, -0.1) is 0 Å². The van der Waals surface area contributed by atoms with Gasteiger partial charge in [-0.3, -0.25) is 0 Å². The second-order valence-electron chi connectivity index (χ2n) is 4.91. The molecule has 0 saturated heterocycles. The van der Waals surface area contributed by atoms with E-state index in [9.17, 15) is 4.79 Å². The number of hydrogen-bond acceptors (Lipinski definition) is 1. The van der Waals surface area contributed by atoms with Crippen LogP contribution in [0.5, 0.6) is 0 Å².